The number of nitrogens with one attached hydrogen (secondary N) is 1. The number of anilines is 1. The van der Waals surface area contributed by atoms with E-state index in [1.807, 2.05) is 0 Å². The summed E-state index contributed by atoms with van der Waals surface area (Å²) in [4.78, 5) is 11.8. The number of carbonyl (C=O) groups excluding carboxylic acids is 1. The van der Waals surface area contributed by atoms with Crippen molar-refractivity contribution in [1.29, 1.82) is 0 Å². The number of benzene rings is 2. The third-order valence-electron chi connectivity index (χ3n) is 3.00. The van der Waals surface area contributed by atoms with E-state index in [0.717, 1.165) is 23.9 Å². The third-order valence-corrected chi connectivity index (χ3v) is 4.32. The van der Waals surface area contributed by atoms with Crippen LogP contribution in [-0.2, 0) is 16.7 Å². The smallest absolute Gasteiger partial charge is 0.325 e. The Bertz CT molecular complexity index is 736. The van der Waals surface area contributed by atoms with E-state index in [9.17, 15) is 22.4 Å². The van der Waals surface area contributed by atoms with E-state index < -0.39 is 22.7 Å². The molecule has 1 amide bonds. The lowest BCUT2D eigenvalue weighted by Gasteiger charge is -2.11. The Morgan fingerprint density at radius 3 is 2.54 bits per heavy atom. The maximum Gasteiger partial charge on any atom is 0.417 e. The molecule has 0 bridgehead atoms. The van der Waals surface area contributed by atoms with Gasteiger partial charge < -0.3 is 5.32 Å². The molecule has 1 N–H and O–H groups in total. The number of hydrogen-bond acceptors (Lipinski definition) is 2. The molecule has 2 aromatic rings. The molecule has 2 nitrogen and oxygen atoms in total. The highest BCUT2D eigenvalue weighted by Crippen LogP contribution is 2.36. The van der Waals surface area contributed by atoms with Crippen LogP contribution in [0.4, 0.5) is 23.2 Å². The normalized spacial score (nSPS) is 11.4. The number of alkyl halides is 3. The van der Waals surface area contributed by atoms with Crippen molar-refractivity contribution in [2.24, 2.45) is 0 Å². The van der Waals surface area contributed by atoms with Crippen LogP contribution in [0.1, 0.15) is 11.1 Å². The van der Waals surface area contributed by atoms with Gasteiger partial charge in [-0.25, -0.2) is 4.39 Å². The largest absolute Gasteiger partial charge is 0.417 e. The third kappa shape index (κ3) is 5.14. The minimum absolute atomic E-state index is 0.00298. The molecule has 0 aliphatic rings. The van der Waals surface area contributed by atoms with Crippen molar-refractivity contribution in [2.75, 3.05) is 11.1 Å². The molecule has 0 saturated carbocycles. The lowest BCUT2D eigenvalue weighted by atomic mass is 10.2. The molecule has 0 saturated heterocycles. The summed E-state index contributed by atoms with van der Waals surface area (Å²) in [7, 11) is 0. The molecule has 24 heavy (non-hydrogen) atoms. The Labute approximate surface area is 145 Å². The van der Waals surface area contributed by atoms with Gasteiger partial charge in [-0.3, -0.25) is 4.79 Å². The van der Waals surface area contributed by atoms with Gasteiger partial charge in [-0.05, 0) is 29.8 Å². The second-order valence-electron chi connectivity index (χ2n) is 4.82. The van der Waals surface area contributed by atoms with Crippen LogP contribution in [0.25, 0.3) is 0 Å². The number of amides is 1. The molecule has 0 unspecified atom stereocenters. The zero-order chi connectivity index (χ0) is 17.7. The first-order valence-corrected chi connectivity index (χ1v) is 8.28. The summed E-state index contributed by atoms with van der Waals surface area (Å²) in [5.41, 5.74) is -0.551. The highest BCUT2D eigenvalue weighted by molar-refractivity contribution is 7.99. The molecular weight excluding hydrogens is 366 g/mol. The minimum Gasteiger partial charge on any atom is -0.325 e. The second kappa shape index (κ2) is 7.90. The summed E-state index contributed by atoms with van der Waals surface area (Å²) in [6.45, 7) is 0. The summed E-state index contributed by atoms with van der Waals surface area (Å²) >= 11 is 6.67. The number of carbonyl (C=O) groups is 1. The zero-order valence-corrected chi connectivity index (χ0v) is 13.7. The first-order valence-electron chi connectivity index (χ1n) is 6.75. The van der Waals surface area contributed by atoms with Crippen molar-refractivity contribution in [1.82, 2.24) is 0 Å². The lowest BCUT2D eigenvalue weighted by molar-refractivity contribution is -0.137. The molecule has 8 heteroatoms. The SMILES string of the molecule is O=C(CSCc1ccccc1F)Nc1ccc(Cl)c(C(F)(F)F)c1. The second-order valence-corrected chi connectivity index (χ2v) is 6.22. The quantitative estimate of drug-likeness (QED) is 0.710. The van der Waals surface area contributed by atoms with Crippen LogP contribution in [0, 0.1) is 5.82 Å². The van der Waals surface area contributed by atoms with Crippen molar-refractivity contribution >= 4 is 35.0 Å². The Hall–Kier alpha value is -1.73. The maximum atomic E-state index is 13.4. The van der Waals surface area contributed by atoms with Crippen LogP contribution in [0.15, 0.2) is 42.5 Å². The highest BCUT2D eigenvalue weighted by atomic mass is 35.5. The van der Waals surface area contributed by atoms with E-state index in [0.29, 0.717) is 5.56 Å². The van der Waals surface area contributed by atoms with Gasteiger partial charge in [0.25, 0.3) is 0 Å². The fraction of sp³-hybridized carbons (Fsp3) is 0.188. The Kier molecular flexibility index (Phi) is 6.12. The van der Waals surface area contributed by atoms with Crippen LogP contribution in [0.5, 0.6) is 0 Å². The van der Waals surface area contributed by atoms with Crippen molar-refractivity contribution in [2.45, 2.75) is 11.9 Å². The van der Waals surface area contributed by atoms with Crippen LogP contribution >= 0.6 is 23.4 Å². The van der Waals surface area contributed by atoms with E-state index in [1.165, 1.54) is 12.1 Å². The van der Waals surface area contributed by atoms with Crippen molar-refractivity contribution < 1.29 is 22.4 Å². The first kappa shape index (κ1) is 18.6. The van der Waals surface area contributed by atoms with Gasteiger partial charge in [0.2, 0.25) is 5.91 Å². The lowest BCUT2D eigenvalue weighted by Crippen LogP contribution is -2.15. The van der Waals surface area contributed by atoms with Crippen LogP contribution in [0.2, 0.25) is 5.02 Å². The zero-order valence-electron chi connectivity index (χ0n) is 12.2. The molecule has 0 heterocycles. The summed E-state index contributed by atoms with van der Waals surface area (Å²) in [5, 5.41) is 1.93. The van der Waals surface area contributed by atoms with E-state index in [-0.39, 0.29) is 23.0 Å². The van der Waals surface area contributed by atoms with Crippen molar-refractivity contribution in [3.05, 3.63) is 64.4 Å². The van der Waals surface area contributed by atoms with Crippen molar-refractivity contribution in [3.8, 4) is 0 Å². The molecule has 2 rings (SSSR count). The monoisotopic (exact) mass is 377 g/mol. The van der Waals surface area contributed by atoms with Gasteiger partial charge >= 0.3 is 6.18 Å². The summed E-state index contributed by atoms with van der Waals surface area (Å²) in [6.07, 6.45) is -4.60. The Balaban J connectivity index is 1.92. The first-order chi connectivity index (χ1) is 11.3. The van der Waals surface area contributed by atoms with Gasteiger partial charge in [-0.15, -0.1) is 11.8 Å². The number of halogens is 5. The minimum atomic E-state index is -4.60. The average Bonchev–Trinajstić information content (AvgIpc) is 2.50. The maximum absolute atomic E-state index is 13.4. The van der Waals surface area contributed by atoms with Crippen molar-refractivity contribution in [3.63, 3.8) is 0 Å². The fourth-order valence-corrected chi connectivity index (χ4v) is 2.92. The highest BCUT2D eigenvalue weighted by Gasteiger charge is 2.33. The van der Waals surface area contributed by atoms with Gasteiger partial charge in [0.1, 0.15) is 5.82 Å². The molecule has 0 fully saturated rings. The Morgan fingerprint density at radius 1 is 1.17 bits per heavy atom. The predicted octanol–water partition coefficient (Wildman–Crippen LogP) is 5.37. The molecule has 2 aromatic carbocycles. The topological polar surface area (TPSA) is 29.1 Å². The van der Waals surface area contributed by atoms with E-state index in [4.69, 9.17) is 11.6 Å². The molecule has 0 aliphatic carbocycles. The van der Waals surface area contributed by atoms with Gasteiger partial charge in [0.15, 0.2) is 0 Å². The van der Waals surface area contributed by atoms with E-state index in [2.05, 4.69) is 5.32 Å². The number of hydrogen-bond donors (Lipinski definition) is 1. The summed E-state index contributed by atoms with van der Waals surface area (Å²) in [5.74, 6) is -0.572. The van der Waals surface area contributed by atoms with Crippen LogP contribution in [0.3, 0.4) is 0 Å². The fourth-order valence-electron chi connectivity index (χ4n) is 1.89. The number of thioether (sulfide) groups is 1. The van der Waals surface area contributed by atoms with Gasteiger partial charge in [0, 0.05) is 11.4 Å². The molecular formula is C16H12ClF4NOS. The van der Waals surface area contributed by atoms with E-state index in [1.54, 1.807) is 18.2 Å². The molecule has 0 aliphatic heterocycles. The standard InChI is InChI=1S/C16H12ClF4NOS/c17-13-6-5-11(7-12(13)16(19,20)21)22-15(23)9-24-8-10-3-1-2-4-14(10)18/h1-7H,8-9H2,(H,22,23). The summed E-state index contributed by atoms with van der Waals surface area (Å²) < 4.78 is 51.7. The van der Waals surface area contributed by atoms with Gasteiger partial charge in [-0.2, -0.15) is 13.2 Å². The molecule has 0 radical (unpaired) electrons. The summed E-state index contributed by atoms with van der Waals surface area (Å²) in [6, 6.07) is 9.32. The van der Waals surface area contributed by atoms with Gasteiger partial charge in [-0.1, -0.05) is 29.8 Å². The average molecular weight is 378 g/mol. The molecule has 0 atom stereocenters. The van der Waals surface area contributed by atoms with Gasteiger partial charge in [0.05, 0.1) is 16.3 Å². The number of rotatable bonds is 5. The van der Waals surface area contributed by atoms with Crippen LogP contribution < -0.4 is 5.32 Å². The molecule has 0 spiro atoms. The predicted molar refractivity (Wildman–Crippen MR) is 87.6 cm³/mol. The van der Waals surface area contributed by atoms with E-state index >= 15 is 0 Å². The van der Waals surface area contributed by atoms with Crippen LogP contribution in [-0.4, -0.2) is 11.7 Å². The Morgan fingerprint density at radius 2 is 1.88 bits per heavy atom. The molecule has 0 aromatic heterocycles. The molecule has 128 valence electrons.